The average Bonchev–Trinajstić information content (AvgIpc) is 2.40. The summed E-state index contributed by atoms with van der Waals surface area (Å²) in [6.07, 6.45) is 0.783. The van der Waals surface area contributed by atoms with E-state index in [0.717, 1.165) is 11.3 Å². The molecule has 0 bridgehead atoms. The molecule has 0 saturated carbocycles. The maximum Gasteiger partial charge on any atom is 0.427 e. The van der Waals surface area contributed by atoms with E-state index in [1.165, 1.54) is 6.21 Å². The van der Waals surface area contributed by atoms with Gasteiger partial charge in [0.05, 0.1) is 19.4 Å². The molecule has 1 rings (SSSR count). The summed E-state index contributed by atoms with van der Waals surface area (Å²) in [6, 6.07) is 7.32. The van der Waals surface area contributed by atoms with Crippen molar-refractivity contribution in [2.24, 2.45) is 5.10 Å². The molecule has 0 spiro atoms. The van der Waals surface area contributed by atoms with Gasteiger partial charge in [0.2, 0.25) is 0 Å². The lowest BCUT2D eigenvalue weighted by atomic mass is 10.2. The summed E-state index contributed by atoms with van der Waals surface area (Å²) in [7, 11) is 1.59. The van der Waals surface area contributed by atoms with E-state index >= 15 is 0 Å². The zero-order valence-electron chi connectivity index (χ0n) is 12.1. The van der Waals surface area contributed by atoms with E-state index in [2.05, 4.69) is 10.5 Å². The summed E-state index contributed by atoms with van der Waals surface area (Å²) in [4.78, 5) is 11.1. The highest BCUT2D eigenvalue weighted by Crippen LogP contribution is 2.10. The number of ether oxygens (including phenoxy) is 2. The van der Waals surface area contributed by atoms with Crippen LogP contribution in [0.2, 0.25) is 0 Å². The van der Waals surface area contributed by atoms with Gasteiger partial charge in [0.25, 0.3) is 0 Å². The summed E-state index contributed by atoms with van der Waals surface area (Å²) in [5, 5.41) is 3.76. The lowest BCUT2D eigenvalue weighted by Crippen LogP contribution is -2.22. The molecule has 0 aliphatic rings. The molecule has 0 aliphatic heterocycles. The molecule has 1 N–H and O–H groups in total. The number of carbonyl (C=O) groups is 1. The lowest BCUT2D eigenvalue weighted by molar-refractivity contribution is 0.116. The summed E-state index contributed by atoms with van der Waals surface area (Å²) in [5.74, 6) is 0.735. The largest absolute Gasteiger partial charge is 0.497 e. The fourth-order valence-electron chi connectivity index (χ4n) is 1.12. The Morgan fingerprint density at radius 3 is 2.63 bits per heavy atom. The molecular weight excluding hydrogens is 244 g/mol. The number of hydrogen-bond acceptors (Lipinski definition) is 4. The van der Waals surface area contributed by atoms with Crippen LogP contribution >= 0.6 is 0 Å². The molecular formula is C14H22N2O3. The zero-order chi connectivity index (χ0) is 14.7. The number of hydrazone groups is 1. The van der Waals surface area contributed by atoms with Gasteiger partial charge in [-0.05, 0) is 31.5 Å². The topological polar surface area (TPSA) is 59.9 Å². The van der Waals surface area contributed by atoms with Crippen molar-refractivity contribution >= 4 is 12.3 Å². The Balaban J connectivity index is 0.00000154. The van der Waals surface area contributed by atoms with Crippen LogP contribution in [0.25, 0.3) is 0 Å². The Morgan fingerprint density at radius 1 is 1.37 bits per heavy atom. The van der Waals surface area contributed by atoms with Crippen molar-refractivity contribution in [2.45, 2.75) is 33.8 Å². The minimum atomic E-state index is -0.570. The number of rotatable bonds is 4. The molecule has 0 radical (unpaired) electrons. The zero-order valence-corrected chi connectivity index (χ0v) is 12.1. The molecule has 5 heteroatoms. The van der Waals surface area contributed by atoms with Gasteiger partial charge in [0, 0.05) is 0 Å². The number of benzene rings is 1. The Bertz CT molecular complexity index is 403. The van der Waals surface area contributed by atoms with Crippen LogP contribution in [0.3, 0.4) is 0 Å². The number of nitrogens with one attached hydrogen (secondary N) is 1. The SMILES string of the molecule is CC.COc1cccc(/C=N/NC(=O)OC(C)C)c1. The molecule has 19 heavy (non-hydrogen) atoms. The van der Waals surface area contributed by atoms with E-state index in [1.807, 2.05) is 32.0 Å². The number of carbonyl (C=O) groups excluding carboxylic acids is 1. The van der Waals surface area contributed by atoms with Crippen molar-refractivity contribution in [3.05, 3.63) is 29.8 Å². The van der Waals surface area contributed by atoms with Crippen molar-refractivity contribution in [3.8, 4) is 5.75 Å². The highest BCUT2D eigenvalue weighted by molar-refractivity contribution is 5.81. The average molecular weight is 266 g/mol. The van der Waals surface area contributed by atoms with E-state index < -0.39 is 6.09 Å². The third-order valence-corrected chi connectivity index (χ3v) is 1.81. The Kier molecular flexibility index (Phi) is 8.87. The molecule has 0 atom stereocenters. The summed E-state index contributed by atoms with van der Waals surface area (Å²) >= 11 is 0. The Hall–Kier alpha value is -2.04. The predicted molar refractivity (Wildman–Crippen MR) is 76.7 cm³/mol. The van der Waals surface area contributed by atoms with Crippen LogP contribution in [0.1, 0.15) is 33.3 Å². The van der Waals surface area contributed by atoms with E-state index in [1.54, 1.807) is 27.0 Å². The monoisotopic (exact) mass is 266 g/mol. The first-order chi connectivity index (χ1) is 9.11. The minimum absolute atomic E-state index is 0.165. The maximum atomic E-state index is 11.1. The normalized spacial score (nSPS) is 9.79. The van der Waals surface area contributed by atoms with Crippen molar-refractivity contribution in [3.63, 3.8) is 0 Å². The van der Waals surface area contributed by atoms with Crippen molar-refractivity contribution < 1.29 is 14.3 Å². The van der Waals surface area contributed by atoms with Crippen LogP contribution in [0.5, 0.6) is 5.75 Å². The predicted octanol–water partition coefficient (Wildman–Crippen LogP) is 3.19. The van der Waals surface area contributed by atoms with Crippen LogP contribution in [-0.2, 0) is 4.74 Å². The van der Waals surface area contributed by atoms with Gasteiger partial charge < -0.3 is 9.47 Å². The van der Waals surface area contributed by atoms with E-state index in [0.29, 0.717) is 0 Å². The maximum absolute atomic E-state index is 11.1. The van der Waals surface area contributed by atoms with E-state index in [-0.39, 0.29) is 6.10 Å². The molecule has 0 fully saturated rings. The van der Waals surface area contributed by atoms with Crippen LogP contribution in [0.15, 0.2) is 29.4 Å². The first-order valence-corrected chi connectivity index (χ1v) is 6.25. The van der Waals surface area contributed by atoms with Crippen molar-refractivity contribution in [1.82, 2.24) is 5.43 Å². The summed E-state index contributed by atoms with van der Waals surface area (Å²) in [6.45, 7) is 7.54. The first kappa shape index (κ1) is 17.0. The van der Waals surface area contributed by atoms with Gasteiger partial charge in [-0.1, -0.05) is 26.0 Å². The number of amides is 1. The first-order valence-electron chi connectivity index (χ1n) is 6.25. The van der Waals surface area contributed by atoms with Gasteiger partial charge in [-0.3, -0.25) is 0 Å². The highest BCUT2D eigenvalue weighted by atomic mass is 16.6. The van der Waals surface area contributed by atoms with Crippen LogP contribution in [0, 0.1) is 0 Å². The van der Waals surface area contributed by atoms with Crippen molar-refractivity contribution in [2.75, 3.05) is 7.11 Å². The van der Waals surface area contributed by atoms with Gasteiger partial charge >= 0.3 is 6.09 Å². The Labute approximate surface area is 114 Å². The third-order valence-electron chi connectivity index (χ3n) is 1.81. The smallest absolute Gasteiger partial charge is 0.427 e. The van der Waals surface area contributed by atoms with Gasteiger partial charge in [-0.15, -0.1) is 0 Å². The molecule has 5 nitrogen and oxygen atoms in total. The summed E-state index contributed by atoms with van der Waals surface area (Å²) in [5.41, 5.74) is 3.10. The molecule has 0 unspecified atom stereocenters. The molecule has 1 aromatic rings. The quantitative estimate of drug-likeness (QED) is 0.672. The highest BCUT2D eigenvalue weighted by Gasteiger charge is 2.01. The van der Waals surface area contributed by atoms with E-state index in [9.17, 15) is 4.79 Å². The fraction of sp³-hybridized carbons (Fsp3) is 0.429. The minimum Gasteiger partial charge on any atom is -0.497 e. The number of methoxy groups -OCH3 is 1. The fourth-order valence-corrected chi connectivity index (χ4v) is 1.12. The Morgan fingerprint density at radius 2 is 2.05 bits per heavy atom. The molecule has 0 aliphatic carbocycles. The van der Waals surface area contributed by atoms with E-state index in [4.69, 9.17) is 9.47 Å². The van der Waals surface area contributed by atoms with Crippen molar-refractivity contribution in [1.29, 1.82) is 0 Å². The van der Waals surface area contributed by atoms with Crippen LogP contribution in [-0.4, -0.2) is 25.5 Å². The van der Waals surface area contributed by atoms with Gasteiger partial charge in [-0.25, -0.2) is 10.2 Å². The molecule has 1 aromatic carbocycles. The number of nitrogens with zero attached hydrogens (tertiary/aromatic N) is 1. The molecule has 0 heterocycles. The van der Waals surface area contributed by atoms with Gasteiger partial charge in [-0.2, -0.15) is 5.10 Å². The second kappa shape index (κ2) is 9.94. The third kappa shape index (κ3) is 7.81. The van der Waals surface area contributed by atoms with Gasteiger partial charge in [0.15, 0.2) is 0 Å². The molecule has 1 amide bonds. The van der Waals surface area contributed by atoms with Gasteiger partial charge in [0.1, 0.15) is 5.75 Å². The number of hydrogen-bond donors (Lipinski definition) is 1. The van der Waals surface area contributed by atoms with Crippen LogP contribution in [0.4, 0.5) is 4.79 Å². The lowest BCUT2D eigenvalue weighted by Gasteiger charge is -2.05. The molecule has 0 aromatic heterocycles. The second-order valence-corrected chi connectivity index (χ2v) is 3.60. The molecule has 106 valence electrons. The second-order valence-electron chi connectivity index (χ2n) is 3.60. The van der Waals surface area contributed by atoms with Crippen LogP contribution < -0.4 is 10.2 Å². The molecule has 0 saturated heterocycles. The standard InChI is InChI=1S/C12H16N2O3.C2H6/c1-9(2)17-12(15)14-13-8-10-5-4-6-11(7-10)16-3;1-2/h4-9H,1-3H3,(H,14,15);1-2H3/b13-8+;. The summed E-state index contributed by atoms with van der Waals surface area (Å²) < 4.78 is 9.91.